The van der Waals surface area contributed by atoms with Crippen LogP contribution < -0.4 is 11.1 Å². The molecule has 1 aliphatic carbocycles. The van der Waals surface area contributed by atoms with E-state index in [2.05, 4.69) is 15.3 Å². The Balaban J connectivity index is 1.79. The van der Waals surface area contributed by atoms with Gasteiger partial charge in [-0.3, -0.25) is 4.98 Å². The zero-order valence-electron chi connectivity index (χ0n) is 9.26. The van der Waals surface area contributed by atoms with Crippen LogP contribution in [-0.4, -0.2) is 27.7 Å². The lowest BCUT2D eigenvalue weighted by Crippen LogP contribution is -2.23. The minimum absolute atomic E-state index is 0.0941. The van der Waals surface area contributed by atoms with E-state index in [9.17, 15) is 5.11 Å². The Labute approximate surface area is 95.1 Å². The number of aromatic nitrogens is 2. The van der Waals surface area contributed by atoms with Gasteiger partial charge in [0.05, 0.1) is 18.5 Å². The summed E-state index contributed by atoms with van der Waals surface area (Å²) >= 11 is 0. The van der Waals surface area contributed by atoms with Crippen LogP contribution in [0.2, 0.25) is 0 Å². The van der Waals surface area contributed by atoms with Crippen LogP contribution in [0, 0.1) is 5.92 Å². The maximum absolute atomic E-state index is 9.39. The quantitative estimate of drug-likeness (QED) is 0.711. The molecule has 1 aromatic rings. The number of nitrogens with zero attached hydrogens (tertiary/aromatic N) is 2. The summed E-state index contributed by atoms with van der Waals surface area (Å²) in [5, 5.41) is 12.6. The second-order valence-electron chi connectivity index (χ2n) is 4.38. The van der Waals surface area contributed by atoms with E-state index in [1.165, 1.54) is 6.20 Å². The van der Waals surface area contributed by atoms with E-state index >= 15 is 0 Å². The van der Waals surface area contributed by atoms with Crippen molar-refractivity contribution in [2.75, 3.05) is 17.6 Å². The third-order valence-electron chi connectivity index (χ3n) is 3.04. The molecular weight excluding hydrogens is 204 g/mol. The van der Waals surface area contributed by atoms with Crippen molar-refractivity contribution in [3.63, 3.8) is 0 Å². The lowest BCUT2D eigenvalue weighted by Gasteiger charge is -2.25. The smallest absolute Gasteiger partial charge is 0.146 e. The zero-order valence-corrected chi connectivity index (χ0v) is 9.26. The third kappa shape index (κ3) is 3.06. The predicted molar refractivity (Wildman–Crippen MR) is 62.9 cm³/mol. The van der Waals surface area contributed by atoms with Crippen LogP contribution in [0.1, 0.15) is 25.7 Å². The molecule has 5 nitrogen and oxygen atoms in total. The Hall–Kier alpha value is -1.36. The summed E-state index contributed by atoms with van der Waals surface area (Å²) in [5.74, 6) is 1.78. The van der Waals surface area contributed by atoms with Crippen molar-refractivity contribution in [2.24, 2.45) is 5.92 Å². The highest BCUT2D eigenvalue weighted by Gasteiger charge is 2.18. The topological polar surface area (TPSA) is 84.1 Å². The van der Waals surface area contributed by atoms with Gasteiger partial charge < -0.3 is 16.2 Å². The normalized spacial score (nSPS) is 25.3. The van der Waals surface area contributed by atoms with E-state index in [-0.39, 0.29) is 6.10 Å². The number of hydrogen-bond acceptors (Lipinski definition) is 5. The Kier molecular flexibility index (Phi) is 3.56. The lowest BCUT2D eigenvalue weighted by atomic mass is 9.87. The van der Waals surface area contributed by atoms with Gasteiger partial charge in [-0.2, -0.15) is 0 Å². The molecule has 0 aliphatic heterocycles. The standard InChI is InChI=1S/C11H18N4O/c12-10-6-13-7-11(15-10)14-5-8-1-3-9(16)4-2-8/h6-9,16H,1-5H2,(H3,12,14,15). The van der Waals surface area contributed by atoms with Crippen molar-refractivity contribution in [2.45, 2.75) is 31.8 Å². The molecule has 2 rings (SSSR count). The molecule has 0 spiro atoms. The molecule has 1 saturated carbocycles. The third-order valence-corrected chi connectivity index (χ3v) is 3.04. The molecule has 5 heteroatoms. The fourth-order valence-corrected chi connectivity index (χ4v) is 2.06. The van der Waals surface area contributed by atoms with E-state index in [0.717, 1.165) is 38.0 Å². The molecule has 0 amide bonds. The molecule has 16 heavy (non-hydrogen) atoms. The Bertz CT molecular complexity index is 337. The number of nitrogens with one attached hydrogen (secondary N) is 1. The maximum atomic E-state index is 9.39. The number of rotatable bonds is 3. The molecule has 1 aliphatic rings. The lowest BCUT2D eigenvalue weighted by molar-refractivity contribution is 0.111. The number of aliphatic hydroxyl groups excluding tert-OH is 1. The Morgan fingerprint density at radius 1 is 1.31 bits per heavy atom. The molecule has 0 aromatic carbocycles. The minimum atomic E-state index is -0.0941. The summed E-state index contributed by atoms with van der Waals surface area (Å²) < 4.78 is 0. The highest BCUT2D eigenvalue weighted by atomic mass is 16.3. The molecule has 1 heterocycles. The van der Waals surface area contributed by atoms with Crippen LogP contribution in [-0.2, 0) is 0 Å². The zero-order chi connectivity index (χ0) is 11.4. The molecule has 1 fully saturated rings. The average molecular weight is 222 g/mol. The van der Waals surface area contributed by atoms with Crippen LogP contribution in [0.3, 0.4) is 0 Å². The molecule has 0 unspecified atom stereocenters. The first-order chi connectivity index (χ1) is 7.74. The van der Waals surface area contributed by atoms with Gasteiger partial charge in [-0.15, -0.1) is 0 Å². The second-order valence-corrected chi connectivity index (χ2v) is 4.38. The largest absolute Gasteiger partial charge is 0.393 e. The summed E-state index contributed by atoms with van der Waals surface area (Å²) in [6.07, 6.45) is 7.08. The van der Waals surface area contributed by atoms with Crippen LogP contribution in [0.15, 0.2) is 12.4 Å². The summed E-state index contributed by atoms with van der Waals surface area (Å²) in [5.41, 5.74) is 5.54. The average Bonchev–Trinajstić information content (AvgIpc) is 2.28. The van der Waals surface area contributed by atoms with Crippen molar-refractivity contribution in [1.82, 2.24) is 9.97 Å². The van der Waals surface area contributed by atoms with Crippen molar-refractivity contribution in [1.29, 1.82) is 0 Å². The van der Waals surface area contributed by atoms with E-state index in [1.807, 2.05) is 0 Å². The van der Waals surface area contributed by atoms with Crippen LogP contribution in [0.25, 0.3) is 0 Å². The van der Waals surface area contributed by atoms with Crippen molar-refractivity contribution >= 4 is 11.6 Å². The van der Waals surface area contributed by atoms with Gasteiger partial charge in [-0.1, -0.05) is 0 Å². The number of aliphatic hydroxyl groups is 1. The molecule has 0 radical (unpaired) electrons. The molecule has 88 valence electrons. The van der Waals surface area contributed by atoms with Crippen molar-refractivity contribution < 1.29 is 5.11 Å². The van der Waals surface area contributed by atoms with Crippen LogP contribution >= 0.6 is 0 Å². The summed E-state index contributed by atoms with van der Waals surface area (Å²) in [4.78, 5) is 8.10. The van der Waals surface area contributed by atoms with E-state index in [1.54, 1.807) is 6.20 Å². The predicted octanol–water partition coefficient (Wildman–Crippen LogP) is 1.02. The SMILES string of the molecule is Nc1cncc(NCC2CCC(O)CC2)n1. The number of nitrogens with two attached hydrogens (primary N) is 1. The Morgan fingerprint density at radius 2 is 2.06 bits per heavy atom. The van der Waals surface area contributed by atoms with E-state index < -0.39 is 0 Å². The van der Waals surface area contributed by atoms with Crippen molar-refractivity contribution in [3.05, 3.63) is 12.4 Å². The van der Waals surface area contributed by atoms with Gasteiger partial charge in [0, 0.05) is 6.54 Å². The van der Waals surface area contributed by atoms with Gasteiger partial charge in [-0.25, -0.2) is 4.98 Å². The number of hydrogen-bond donors (Lipinski definition) is 3. The van der Waals surface area contributed by atoms with Gasteiger partial charge in [0.2, 0.25) is 0 Å². The van der Waals surface area contributed by atoms with Crippen LogP contribution in [0.4, 0.5) is 11.6 Å². The molecule has 0 atom stereocenters. The molecule has 1 aromatic heterocycles. The van der Waals surface area contributed by atoms with Gasteiger partial charge in [-0.05, 0) is 31.6 Å². The first-order valence-electron chi connectivity index (χ1n) is 5.73. The van der Waals surface area contributed by atoms with Gasteiger partial charge in [0.15, 0.2) is 0 Å². The van der Waals surface area contributed by atoms with Gasteiger partial charge >= 0.3 is 0 Å². The Morgan fingerprint density at radius 3 is 2.75 bits per heavy atom. The molecule has 0 saturated heterocycles. The fourth-order valence-electron chi connectivity index (χ4n) is 2.06. The van der Waals surface area contributed by atoms with Gasteiger partial charge in [0.25, 0.3) is 0 Å². The number of nitrogen functional groups attached to an aromatic ring is 1. The van der Waals surface area contributed by atoms with Crippen molar-refractivity contribution in [3.8, 4) is 0 Å². The first-order valence-corrected chi connectivity index (χ1v) is 5.73. The van der Waals surface area contributed by atoms with E-state index in [4.69, 9.17) is 5.73 Å². The molecule has 0 bridgehead atoms. The van der Waals surface area contributed by atoms with E-state index in [0.29, 0.717) is 11.7 Å². The minimum Gasteiger partial charge on any atom is -0.393 e. The maximum Gasteiger partial charge on any atom is 0.146 e. The first kappa shape index (κ1) is 11.1. The van der Waals surface area contributed by atoms with Gasteiger partial charge in [0.1, 0.15) is 11.6 Å². The van der Waals surface area contributed by atoms with Crippen LogP contribution in [0.5, 0.6) is 0 Å². The second kappa shape index (κ2) is 5.12. The molecular formula is C11H18N4O. The highest BCUT2D eigenvalue weighted by molar-refractivity contribution is 5.38. The summed E-state index contributed by atoms with van der Waals surface area (Å²) in [6.45, 7) is 0.880. The summed E-state index contributed by atoms with van der Waals surface area (Å²) in [7, 11) is 0. The fraction of sp³-hybridized carbons (Fsp3) is 0.636. The summed E-state index contributed by atoms with van der Waals surface area (Å²) in [6, 6.07) is 0. The highest BCUT2D eigenvalue weighted by Crippen LogP contribution is 2.24. The number of anilines is 2. The monoisotopic (exact) mass is 222 g/mol. The molecule has 4 N–H and O–H groups in total.